The van der Waals surface area contributed by atoms with Crippen LogP contribution in [0, 0.1) is 5.82 Å². The molecule has 0 saturated heterocycles. The molecule has 1 aromatic rings. The Labute approximate surface area is 107 Å². The van der Waals surface area contributed by atoms with Crippen LogP contribution in [-0.2, 0) is 0 Å². The minimum Gasteiger partial charge on any atom is -0.310 e. The molecule has 0 radical (unpaired) electrons. The lowest BCUT2D eigenvalue weighted by molar-refractivity contribution is 0.547. The highest BCUT2D eigenvalue weighted by atomic mass is 35.5. The quantitative estimate of drug-likeness (QED) is 0.795. The summed E-state index contributed by atoms with van der Waals surface area (Å²) >= 11 is 5.78. The van der Waals surface area contributed by atoms with Crippen LogP contribution in [0.25, 0.3) is 0 Å². The van der Waals surface area contributed by atoms with E-state index in [2.05, 4.69) is 11.4 Å². The van der Waals surface area contributed by atoms with Crippen molar-refractivity contribution in [2.75, 3.05) is 7.05 Å². The molecule has 0 heterocycles. The van der Waals surface area contributed by atoms with Crippen LogP contribution in [0.15, 0.2) is 29.8 Å². The first-order valence-electron chi connectivity index (χ1n) is 6.03. The van der Waals surface area contributed by atoms with Gasteiger partial charge in [0, 0.05) is 10.6 Å². The normalized spacial score (nSPS) is 17.7. The number of benzene rings is 1. The molecule has 1 aromatic carbocycles. The Morgan fingerprint density at radius 3 is 2.76 bits per heavy atom. The molecule has 1 atom stereocenters. The van der Waals surface area contributed by atoms with Crippen molar-refractivity contribution in [3.05, 3.63) is 46.3 Å². The third-order valence-corrected chi connectivity index (χ3v) is 3.49. The topological polar surface area (TPSA) is 12.0 Å². The van der Waals surface area contributed by atoms with Crippen molar-refractivity contribution >= 4 is 11.6 Å². The van der Waals surface area contributed by atoms with Crippen molar-refractivity contribution in [1.29, 1.82) is 0 Å². The average Bonchev–Trinajstić information content (AvgIpc) is 2.34. The van der Waals surface area contributed by atoms with Gasteiger partial charge in [0.05, 0.1) is 6.04 Å². The van der Waals surface area contributed by atoms with Gasteiger partial charge in [-0.25, -0.2) is 4.39 Å². The highest BCUT2D eigenvalue weighted by Gasteiger charge is 2.19. The van der Waals surface area contributed by atoms with Gasteiger partial charge >= 0.3 is 0 Å². The van der Waals surface area contributed by atoms with Crippen LogP contribution >= 0.6 is 11.6 Å². The molecular formula is C14H17ClFN. The lowest BCUT2D eigenvalue weighted by Crippen LogP contribution is -2.21. The Balaban J connectivity index is 2.31. The van der Waals surface area contributed by atoms with Gasteiger partial charge < -0.3 is 5.32 Å². The molecule has 0 aromatic heterocycles. The number of hydrogen-bond acceptors (Lipinski definition) is 1. The number of likely N-dealkylation sites (N-methyl/N-ethyl adjacent to an activating group) is 1. The summed E-state index contributed by atoms with van der Waals surface area (Å²) < 4.78 is 13.9. The Morgan fingerprint density at radius 2 is 2.18 bits per heavy atom. The first kappa shape index (κ1) is 12.6. The van der Waals surface area contributed by atoms with E-state index in [-0.39, 0.29) is 11.9 Å². The summed E-state index contributed by atoms with van der Waals surface area (Å²) in [6, 6.07) is 4.87. The Morgan fingerprint density at radius 1 is 1.35 bits per heavy atom. The van der Waals surface area contributed by atoms with E-state index in [1.54, 1.807) is 12.1 Å². The molecule has 0 amide bonds. The molecule has 0 fully saturated rings. The predicted molar refractivity (Wildman–Crippen MR) is 69.8 cm³/mol. The van der Waals surface area contributed by atoms with Crippen molar-refractivity contribution in [2.45, 2.75) is 31.7 Å². The largest absolute Gasteiger partial charge is 0.310 e. The monoisotopic (exact) mass is 253 g/mol. The molecule has 2 rings (SSSR count). The second-order valence-electron chi connectivity index (χ2n) is 4.41. The Hall–Kier alpha value is -0.860. The van der Waals surface area contributed by atoms with Crippen LogP contribution in [0.1, 0.15) is 37.3 Å². The van der Waals surface area contributed by atoms with E-state index in [9.17, 15) is 4.39 Å². The van der Waals surface area contributed by atoms with Gasteiger partial charge in [-0.15, -0.1) is 0 Å². The fourth-order valence-corrected chi connectivity index (χ4v) is 2.56. The van der Waals surface area contributed by atoms with Crippen molar-refractivity contribution < 1.29 is 4.39 Å². The number of halogens is 2. The van der Waals surface area contributed by atoms with Crippen LogP contribution in [0.2, 0.25) is 5.02 Å². The number of rotatable bonds is 3. The maximum atomic E-state index is 13.9. The zero-order valence-electron chi connectivity index (χ0n) is 9.97. The lowest BCUT2D eigenvalue weighted by Gasteiger charge is -2.23. The van der Waals surface area contributed by atoms with Crippen molar-refractivity contribution in [2.24, 2.45) is 0 Å². The van der Waals surface area contributed by atoms with Gasteiger partial charge in [0.2, 0.25) is 0 Å². The predicted octanol–water partition coefficient (Wildman–Crippen LogP) is 4.24. The van der Waals surface area contributed by atoms with Crippen molar-refractivity contribution in [3.63, 3.8) is 0 Å². The van der Waals surface area contributed by atoms with E-state index >= 15 is 0 Å². The molecule has 0 aliphatic heterocycles. The van der Waals surface area contributed by atoms with Gasteiger partial charge in [0.25, 0.3) is 0 Å². The Kier molecular flexibility index (Phi) is 4.19. The van der Waals surface area contributed by atoms with E-state index in [0.717, 1.165) is 12.8 Å². The standard InChI is InChI=1S/C14H17ClFN/c1-17-14(10-5-3-2-4-6-10)12-8-7-11(15)9-13(12)16/h5,7-9,14,17H,2-4,6H2,1H3. The molecule has 1 aliphatic rings. The molecule has 17 heavy (non-hydrogen) atoms. The molecule has 1 unspecified atom stereocenters. The summed E-state index contributed by atoms with van der Waals surface area (Å²) in [5.41, 5.74) is 1.98. The van der Waals surface area contributed by atoms with E-state index < -0.39 is 0 Å². The third-order valence-electron chi connectivity index (χ3n) is 3.26. The van der Waals surface area contributed by atoms with Crippen LogP contribution in [-0.4, -0.2) is 7.05 Å². The first-order chi connectivity index (χ1) is 8.22. The second kappa shape index (κ2) is 5.65. The highest BCUT2D eigenvalue weighted by molar-refractivity contribution is 6.30. The third kappa shape index (κ3) is 2.88. The zero-order chi connectivity index (χ0) is 12.3. The SMILES string of the molecule is CNC(C1=CCCCC1)c1ccc(Cl)cc1F. The van der Waals surface area contributed by atoms with Crippen LogP contribution in [0.4, 0.5) is 4.39 Å². The lowest BCUT2D eigenvalue weighted by atomic mass is 9.90. The van der Waals surface area contributed by atoms with E-state index in [4.69, 9.17) is 11.6 Å². The molecular weight excluding hydrogens is 237 g/mol. The van der Waals surface area contributed by atoms with Gasteiger partial charge in [0.15, 0.2) is 0 Å². The maximum absolute atomic E-state index is 13.9. The molecule has 92 valence electrons. The van der Waals surface area contributed by atoms with Crippen LogP contribution in [0.3, 0.4) is 0 Å². The van der Waals surface area contributed by atoms with Crippen molar-refractivity contribution in [1.82, 2.24) is 5.32 Å². The minimum absolute atomic E-state index is 0.0208. The van der Waals surface area contributed by atoms with Gasteiger partial charge in [-0.05, 0) is 44.9 Å². The molecule has 1 N–H and O–H groups in total. The average molecular weight is 254 g/mol. The molecule has 1 aliphatic carbocycles. The summed E-state index contributed by atoms with van der Waals surface area (Å²) in [6.45, 7) is 0. The Bertz CT molecular complexity index is 428. The van der Waals surface area contributed by atoms with E-state index in [1.807, 2.05) is 7.05 Å². The highest BCUT2D eigenvalue weighted by Crippen LogP contribution is 2.31. The smallest absolute Gasteiger partial charge is 0.129 e. The van der Waals surface area contributed by atoms with E-state index in [1.165, 1.54) is 24.5 Å². The zero-order valence-corrected chi connectivity index (χ0v) is 10.7. The fraction of sp³-hybridized carbons (Fsp3) is 0.429. The van der Waals surface area contributed by atoms with Gasteiger partial charge in [-0.1, -0.05) is 29.3 Å². The number of nitrogens with one attached hydrogen (secondary N) is 1. The summed E-state index contributed by atoms with van der Waals surface area (Å²) in [7, 11) is 1.87. The number of allylic oxidation sites excluding steroid dienone is 1. The summed E-state index contributed by atoms with van der Waals surface area (Å²) in [5.74, 6) is -0.233. The molecule has 3 heteroatoms. The summed E-state index contributed by atoms with van der Waals surface area (Å²) in [6.07, 6.45) is 6.82. The van der Waals surface area contributed by atoms with Gasteiger partial charge in [-0.2, -0.15) is 0 Å². The first-order valence-corrected chi connectivity index (χ1v) is 6.41. The summed E-state index contributed by atoms with van der Waals surface area (Å²) in [4.78, 5) is 0. The van der Waals surface area contributed by atoms with Gasteiger partial charge in [0.1, 0.15) is 5.82 Å². The maximum Gasteiger partial charge on any atom is 0.129 e. The van der Waals surface area contributed by atoms with Crippen LogP contribution < -0.4 is 5.32 Å². The molecule has 0 saturated carbocycles. The van der Waals surface area contributed by atoms with Gasteiger partial charge in [-0.3, -0.25) is 0 Å². The number of hydrogen-bond donors (Lipinski definition) is 1. The molecule has 0 bridgehead atoms. The molecule has 1 nitrogen and oxygen atoms in total. The van der Waals surface area contributed by atoms with Crippen LogP contribution in [0.5, 0.6) is 0 Å². The fourth-order valence-electron chi connectivity index (χ4n) is 2.40. The second-order valence-corrected chi connectivity index (χ2v) is 4.85. The molecule has 0 spiro atoms. The minimum atomic E-state index is -0.233. The van der Waals surface area contributed by atoms with Crippen molar-refractivity contribution in [3.8, 4) is 0 Å². The van der Waals surface area contributed by atoms with E-state index in [0.29, 0.717) is 10.6 Å². The summed E-state index contributed by atoms with van der Waals surface area (Å²) in [5, 5.41) is 3.64.